The first kappa shape index (κ1) is 18.3. The number of carbonyl (C=O) groups excluding carboxylic acids is 1. The minimum Gasteiger partial charge on any atom is -0.296 e. The van der Waals surface area contributed by atoms with Gasteiger partial charge in [-0.2, -0.15) is 5.10 Å². The third-order valence-corrected chi connectivity index (χ3v) is 4.95. The highest BCUT2D eigenvalue weighted by Crippen LogP contribution is 2.18. The van der Waals surface area contributed by atoms with E-state index in [9.17, 15) is 4.79 Å². The van der Waals surface area contributed by atoms with Crippen LogP contribution in [-0.4, -0.2) is 56.8 Å². The Labute approximate surface area is 164 Å². The molecule has 7 nitrogen and oxygen atoms in total. The first-order valence-corrected chi connectivity index (χ1v) is 9.46. The molecule has 2 aromatic heterocycles. The molecular formula is C21H24N6O. The van der Waals surface area contributed by atoms with Gasteiger partial charge in [0.15, 0.2) is 5.69 Å². The predicted molar refractivity (Wildman–Crippen MR) is 107 cm³/mol. The fourth-order valence-electron chi connectivity index (χ4n) is 3.42. The van der Waals surface area contributed by atoms with Gasteiger partial charge in [-0.25, -0.2) is 5.01 Å². The molecule has 0 radical (unpaired) electrons. The smallest absolute Gasteiger partial charge is 0.286 e. The molecule has 0 unspecified atom stereocenters. The maximum absolute atomic E-state index is 12.6. The number of hydrogen-bond acceptors (Lipinski definition) is 5. The SMILES string of the molecule is Cn1nc(C(=O)NN2CCN(Cc3ccccc3)CC2)cc1-c1cccnc1. The maximum atomic E-state index is 12.6. The van der Waals surface area contributed by atoms with Gasteiger partial charge in [0.25, 0.3) is 5.91 Å². The normalized spacial score (nSPS) is 15.5. The molecule has 0 aliphatic carbocycles. The number of pyridine rings is 1. The number of nitrogens with zero attached hydrogens (tertiary/aromatic N) is 5. The third-order valence-electron chi connectivity index (χ3n) is 4.95. The number of aryl methyl sites for hydroxylation is 1. The van der Waals surface area contributed by atoms with Crippen molar-refractivity contribution in [3.8, 4) is 11.3 Å². The van der Waals surface area contributed by atoms with E-state index in [1.807, 2.05) is 30.3 Å². The summed E-state index contributed by atoms with van der Waals surface area (Å²) in [6.07, 6.45) is 3.50. The van der Waals surface area contributed by atoms with E-state index in [0.29, 0.717) is 5.69 Å². The highest BCUT2D eigenvalue weighted by atomic mass is 16.2. The van der Waals surface area contributed by atoms with Gasteiger partial charge in [0.05, 0.1) is 5.69 Å². The quantitative estimate of drug-likeness (QED) is 0.737. The summed E-state index contributed by atoms with van der Waals surface area (Å²) in [4.78, 5) is 19.2. The van der Waals surface area contributed by atoms with Crippen LogP contribution in [0.15, 0.2) is 60.9 Å². The molecule has 4 rings (SSSR count). The highest BCUT2D eigenvalue weighted by molar-refractivity contribution is 5.93. The lowest BCUT2D eigenvalue weighted by molar-refractivity contribution is 0.0600. The van der Waals surface area contributed by atoms with Gasteiger partial charge in [-0.15, -0.1) is 0 Å². The van der Waals surface area contributed by atoms with Gasteiger partial charge in [-0.05, 0) is 23.8 Å². The Balaban J connectivity index is 1.33. The Morgan fingerprint density at radius 1 is 1.07 bits per heavy atom. The van der Waals surface area contributed by atoms with Crippen LogP contribution in [0.25, 0.3) is 11.3 Å². The van der Waals surface area contributed by atoms with E-state index < -0.39 is 0 Å². The van der Waals surface area contributed by atoms with Crippen LogP contribution >= 0.6 is 0 Å². The Morgan fingerprint density at radius 3 is 2.57 bits per heavy atom. The lowest BCUT2D eigenvalue weighted by Crippen LogP contribution is -2.53. The predicted octanol–water partition coefficient (Wildman–Crippen LogP) is 1.94. The summed E-state index contributed by atoms with van der Waals surface area (Å²) in [6.45, 7) is 4.36. The maximum Gasteiger partial charge on any atom is 0.286 e. The summed E-state index contributed by atoms with van der Waals surface area (Å²) < 4.78 is 1.71. The third kappa shape index (κ3) is 4.27. The van der Waals surface area contributed by atoms with E-state index in [2.05, 4.69) is 44.7 Å². The Kier molecular flexibility index (Phi) is 5.45. The van der Waals surface area contributed by atoms with E-state index in [4.69, 9.17) is 0 Å². The zero-order chi connectivity index (χ0) is 19.3. The molecule has 1 aliphatic heterocycles. The number of hydrogen-bond donors (Lipinski definition) is 1. The van der Waals surface area contributed by atoms with E-state index in [1.165, 1.54) is 5.56 Å². The molecule has 1 fully saturated rings. The van der Waals surface area contributed by atoms with E-state index in [-0.39, 0.29) is 5.91 Å². The van der Waals surface area contributed by atoms with Crippen LogP contribution in [0.1, 0.15) is 16.1 Å². The van der Waals surface area contributed by atoms with Crippen molar-refractivity contribution in [2.75, 3.05) is 26.2 Å². The molecule has 0 bridgehead atoms. The summed E-state index contributed by atoms with van der Waals surface area (Å²) in [5.41, 5.74) is 6.52. The minimum absolute atomic E-state index is 0.178. The van der Waals surface area contributed by atoms with Crippen LogP contribution in [0.4, 0.5) is 0 Å². The van der Waals surface area contributed by atoms with E-state index in [0.717, 1.165) is 44.0 Å². The zero-order valence-electron chi connectivity index (χ0n) is 16.0. The molecule has 1 N–H and O–H groups in total. The highest BCUT2D eigenvalue weighted by Gasteiger charge is 2.21. The summed E-state index contributed by atoms with van der Waals surface area (Å²) in [5.74, 6) is -0.178. The first-order chi connectivity index (χ1) is 13.7. The van der Waals surface area contributed by atoms with Crippen molar-refractivity contribution in [3.05, 3.63) is 72.2 Å². The van der Waals surface area contributed by atoms with Crippen molar-refractivity contribution < 1.29 is 4.79 Å². The summed E-state index contributed by atoms with van der Waals surface area (Å²) >= 11 is 0. The van der Waals surface area contributed by atoms with E-state index in [1.54, 1.807) is 23.1 Å². The Morgan fingerprint density at radius 2 is 1.86 bits per heavy atom. The standard InChI is InChI=1S/C21H24N6O/c1-25-20(18-8-5-9-22-15-18)14-19(23-25)21(28)24-27-12-10-26(11-13-27)16-17-6-3-2-4-7-17/h2-9,14-15H,10-13,16H2,1H3,(H,24,28). The van der Waals surface area contributed by atoms with Crippen molar-refractivity contribution in [1.82, 2.24) is 30.1 Å². The topological polar surface area (TPSA) is 66.3 Å². The molecule has 144 valence electrons. The number of carbonyl (C=O) groups is 1. The van der Waals surface area contributed by atoms with E-state index >= 15 is 0 Å². The summed E-state index contributed by atoms with van der Waals surface area (Å²) in [6, 6.07) is 16.1. The average molecular weight is 376 g/mol. The number of hydrazine groups is 1. The molecule has 7 heteroatoms. The molecule has 0 spiro atoms. The molecule has 0 saturated carbocycles. The number of nitrogens with one attached hydrogen (secondary N) is 1. The summed E-state index contributed by atoms with van der Waals surface area (Å²) in [5, 5.41) is 6.34. The number of benzene rings is 1. The average Bonchev–Trinajstić information content (AvgIpc) is 3.13. The second-order valence-corrected chi connectivity index (χ2v) is 6.97. The monoisotopic (exact) mass is 376 g/mol. The Hall–Kier alpha value is -3.03. The molecule has 3 aromatic rings. The second-order valence-electron chi connectivity index (χ2n) is 6.97. The van der Waals surface area contributed by atoms with Crippen molar-refractivity contribution in [1.29, 1.82) is 0 Å². The van der Waals surface area contributed by atoms with Crippen molar-refractivity contribution in [2.24, 2.45) is 7.05 Å². The van der Waals surface area contributed by atoms with Gasteiger partial charge < -0.3 is 0 Å². The molecule has 28 heavy (non-hydrogen) atoms. The van der Waals surface area contributed by atoms with Crippen LogP contribution in [0, 0.1) is 0 Å². The largest absolute Gasteiger partial charge is 0.296 e. The number of rotatable bonds is 5. The van der Waals surface area contributed by atoms with Gasteiger partial charge in [-0.3, -0.25) is 24.8 Å². The van der Waals surface area contributed by atoms with Crippen molar-refractivity contribution in [2.45, 2.75) is 6.54 Å². The molecular weight excluding hydrogens is 352 g/mol. The summed E-state index contributed by atoms with van der Waals surface area (Å²) in [7, 11) is 1.83. The van der Waals surface area contributed by atoms with Crippen LogP contribution in [-0.2, 0) is 13.6 Å². The zero-order valence-corrected chi connectivity index (χ0v) is 16.0. The second kappa shape index (κ2) is 8.33. The first-order valence-electron chi connectivity index (χ1n) is 9.46. The molecule has 0 atom stereocenters. The molecule has 1 saturated heterocycles. The molecule has 1 aliphatic rings. The van der Waals surface area contributed by atoms with Gasteiger partial charge in [0.1, 0.15) is 0 Å². The molecule has 1 amide bonds. The Bertz CT molecular complexity index is 917. The van der Waals surface area contributed by atoms with Gasteiger partial charge in [-0.1, -0.05) is 30.3 Å². The van der Waals surface area contributed by atoms with Crippen molar-refractivity contribution >= 4 is 5.91 Å². The number of amides is 1. The fourth-order valence-corrected chi connectivity index (χ4v) is 3.42. The van der Waals surface area contributed by atoms with Gasteiger partial charge in [0, 0.05) is 57.7 Å². The minimum atomic E-state index is -0.178. The number of piperazine rings is 1. The van der Waals surface area contributed by atoms with Crippen LogP contribution < -0.4 is 5.43 Å². The lowest BCUT2D eigenvalue weighted by Gasteiger charge is -2.34. The lowest BCUT2D eigenvalue weighted by atomic mass is 10.2. The molecule has 1 aromatic carbocycles. The van der Waals surface area contributed by atoms with Crippen molar-refractivity contribution in [3.63, 3.8) is 0 Å². The fraction of sp³-hybridized carbons (Fsp3) is 0.286. The molecule has 3 heterocycles. The van der Waals surface area contributed by atoms with Gasteiger partial charge in [0.2, 0.25) is 0 Å². The van der Waals surface area contributed by atoms with Crippen LogP contribution in [0.2, 0.25) is 0 Å². The number of aromatic nitrogens is 3. The van der Waals surface area contributed by atoms with Gasteiger partial charge >= 0.3 is 0 Å². The van der Waals surface area contributed by atoms with Crippen LogP contribution in [0.5, 0.6) is 0 Å². The van der Waals surface area contributed by atoms with Crippen LogP contribution in [0.3, 0.4) is 0 Å².